The molecule has 1 aromatic carbocycles. The summed E-state index contributed by atoms with van der Waals surface area (Å²) in [5.74, 6) is 1.05. The quantitative estimate of drug-likeness (QED) is 0.834. The average molecular weight is 295 g/mol. The van der Waals surface area contributed by atoms with Crippen molar-refractivity contribution in [2.45, 2.75) is 32.4 Å². The molecule has 3 heteroatoms. The maximum Gasteiger partial charge on any atom is 0.128 e. The lowest BCUT2D eigenvalue weighted by Gasteiger charge is -2.25. The SMILES string of the molecule is CCN(C)c1ccc([C@@H]2CCCN2Cc2ccccc2)cn1. The highest BCUT2D eigenvalue weighted by atomic mass is 15.2. The third kappa shape index (κ3) is 3.30. The van der Waals surface area contributed by atoms with Crippen molar-refractivity contribution >= 4 is 5.82 Å². The molecule has 0 N–H and O–H groups in total. The Labute approximate surface area is 133 Å². The van der Waals surface area contributed by atoms with Crippen LogP contribution in [0.25, 0.3) is 0 Å². The summed E-state index contributed by atoms with van der Waals surface area (Å²) in [6, 6.07) is 15.7. The van der Waals surface area contributed by atoms with Crippen molar-refractivity contribution in [3.63, 3.8) is 0 Å². The number of nitrogens with zero attached hydrogens (tertiary/aromatic N) is 3. The number of aromatic nitrogens is 1. The fourth-order valence-electron chi connectivity index (χ4n) is 3.19. The highest BCUT2D eigenvalue weighted by Crippen LogP contribution is 2.33. The normalized spacial score (nSPS) is 18.5. The second kappa shape index (κ2) is 6.93. The number of hydrogen-bond acceptors (Lipinski definition) is 3. The maximum atomic E-state index is 4.63. The summed E-state index contributed by atoms with van der Waals surface area (Å²) >= 11 is 0. The van der Waals surface area contributed by atoms with Crippen molar-refractivity contribution < 1.29 is 0 Å². The predicted octanol–water partition coefficient (Wildman–Crippen LogP) is 3.87. The Bertz CT molecular complexity index is 579. The van der Waals surface area contributed by atoms with Crippen LogP contribution in [0.2, 0.25) is 0 Å². The Kier molecular flexibility index (Phi) is 4.74. The Balaban J connectivity index is 1.72. The molecule has 0 unspecified atom stereocenters. The van der Waals surface area contributed by atoms with Gasteiger partial charge in [0.15, 0.2) is 0 Å². The highest BCUT2D eigenvalue weighted by Gasteiger charge is 2.26. The fraction of sp³-hybridized carbons (Fsp3) is 0.421. The first-order valence-corrected chi connectivity index (χ1v) is 8.23. The van der Waals surface area contributed by atoms with Crippen LogP contribution in [0.5, 0.6) is 0 Å². The van der Waals surface area contributed by atoms with Gasteiger partial charge in [-0.3, -0.25) is 4.90 Å². The van der Waals surface area contributed by atoms with Gasteiger partial charge >= 0.3 is 0 Å². The van der Waals surface area contributed by atoms with Crippen LogP contribution in [-0.4, -0.2) is 30.0 Å². The second-order valence-corrected chi connectivity index (χ2v) is 6.08. The van der Waals surface area contributed by atoms with Gasteiger partial charge in [0.1, 0.15) is 5.82 Å². The monoisotopic (exact) mass is 295 g/mol. The first-order chi connectivity index (χ1) is 10.8. The van der Waals surface area contributed by atoms with E-state index in [1.54, 1.807) is 0 Å². The lowest BCUT2D eigenvalue weighted by atomic mass is 10.1. The van der Waals surface area contributed by atoms with Crippen molar-refractivity contribution in [1.82, 2.24) is 9.88 Å². The van der Waals surface area contributed by atoms with Crippen LogP contribution >= 0.6 is 0 Å². The Morgan fingerprint density at radius 3 is 2.68 bits per heavy atom. The second-order valence-electron chi connectivity index (χ2n) is 6.08. The zero-order valence-electron chi connectivity index (χ0n) is 13.6. The van der Waals surface area contributed by atoms with Crippen LogP contribution < -0.4 is 4.90 Å². The number of rotatable bonds is 5. The summed E-state index contributed by atoms with van der Waals surface area (Å²) < 4.78 is 0. The average Bonchev–Trinajstić information content (AvgIpc) is 3.03. The minimum Gasteiger partial charge on any atom is -0.360 e. The Morgan fingerprint density at radius 1 is 1.18 bits per heavy atom. The topological polar surface area (TPSA) is 19.4 Å². The molecule has 3 rings (SSSR count). The minimum atomic E-state index is 0.508. The van der Waals surface area contributed by atoms with E-state index in [2.05, 4.69) is 77.4 Å². The van der Waals surface area contributed by atoms with E-state index in [1.165, 1.54) is 30.5 Å². The zero-order chi connectivity index (χ0) is 15.4. The Hall–Kier alpha value is -1.87. The molecule has 1 saturated heterocycles. The zero-order valence-corrected chi connectivity index (χ0v) is 13.6. The van der Waals surface area contributed by atoms with Crippen LogP contribution in [0.1, 0.15) is 36.9 Å². The van der Waals surface area contributed by atoms with Crippen LogP contribution in [0.4, 0.5) is 5.82 Å². The smallest absolute Gasteiger partial charge is 0.128 e. The van der Waals surface area contributed by atoms with Gasteiger partial charge in [0, 0.05) is 32.4 Å². The van der Waals surface area contributed by atoms with E-state index in [0.717, 1.165) is 18.9 Å². The lowest BCUT2D eigenvalue weighted by Crippen LogP contribution is -2.23. The van der Waals surface area contributed by atoms with Gasteiger partial charge in [0.25, 0.3) is 0 Å². The van der Waals surface area contributed by atoms with Gasteiger partial charge in [-0.15, -0.1) is 0 Å². The van der Waals surface area contributed by atoms with Crippen molar-refractivity contribution in [3.05, 3.63) is 59.8 Å². The van der Waals surface area contributed by atoms with Gasteiger partial charge in [-0.1, -0.05) is 36.4 Å². The summed E-state index contributed by atoms with van der Waals surface area (Å²) in [6.45, 7) is 5.34. The van der Waals surface area contributed by atoms with Crippen molar-refractivity contribution in [1.29, 1.82) is 0 Å². The van der Waals surface area contributed by atoms with Gasteiger partial charge in [-0.25, -0.2) is 4.98 Å². The molecule has 0 bridgehead atoms. The molecule has 1 aliphatic heterocycles. The number of pyridine rings is 1. The minimum absolute atomic E-state index is 0.508. The van der Waals surface area contributed by atoms with Crippen LogP contribution in [0.3, 0.4) is 0 Å². The summed E-state index contributed by atoms with van der Waals surface area (Å²) in [5.41, 5.74) is 2.74. The predicted molar refractivity (Wildman–Crippen MR) is 92.0 cm³/mol. The van der Waals surface area contributed by atoms with E-state index < -0.39 is 0 Å². The van der Waals surface area contributed by atoms with Crippen LogP contribution in [0, 0.1) is 0 Å². The molecular weight excluding hydrogens is 270 g/mol. The molecular formula is C19H25N3. The lowest BCUT2D eigenvalue weighted by molar-refractivity contribution is 0.248. The molecule has 0 spiro atoms. The molecule has 22 heavy (non-hydrogen) atoms. The number of hydrogen-bond donors (Lipinski definition) is 0. The molecule has 116 valence electrons. The maximum absolute atomic E-state index is 4.63. The number of likely N-dealkylation sites (tertiary alicyclic amines) is 1. The third-order valence-electron chi connectivity index (χ3n) is 4.61. The summed E-state index contributed by atoms with van der Waals surface area (Å²) in [6.07, 6.45) is 4.57. The van der Waals surface area contributed by atoms with Gasteiger partial charge in [0.2, 0.25) is 0 Å². The van der Waals surface area contributed by atoms with Crippen LogP contribution in [-0.2, 0) is 6.54 Å². The molecule has 1 aliphatic rings. The Morgan fingerprint density at radius 2 is 2.00 bits per heavy atom. The van der Waals surface area contributed by atoms with Crippen molar-refractivity contribution in [3.8, 4) is 0 Å². The standard InChI is InChI=1S/C19H25N3/c1-3-21(2)19-12-11-17(14-20-19)18-10-7-13-22(18)15-16-8-5-4-6-9-16/h4-6,8-9,11-12,14,18H,3,7,10,13,15H2,1-2H3/t18-/m0/s1. The molecule has 0 aliphatic carbocycles. The summed E-state index contributed by atoms with van der Waals surface area (Å²) in [5, 5.41) is 0. The first kappa shape index (κ1) is 15.0. The van der Waals surface area contributed by atoms with E-state index in [1.807, 2.05) is 0 Å². The molecule has 0 saturated carbocycles. The molecule has 0 radical (unpaired) electrons. The van der Waals surface area contributed by atoms with Crippen molar-refractivity contribution in [2.24, 2.45) is 0 Å². The highest BCUT2D eigenvalue weighted by molar-refractivity contribution is 5.38. The molecule has 1 aromatic heterocycles. The summed E-state index contributed by atoms with van der Waals surface area (Å²) in [7, 11) is 2.08. The third-order valence-corrected chi connectivity index (χ3v) is 4.61. The van der Waals surface area contributed by atoms with E-state index in [0.29, 0.717) is 6.04 Å². The van der Waals surface area contributed by atoms with Gasteiger partial charge in [-0.05, 0) is 43.5 Å². The van der Waals surface area contributed by atoms with E-state index in [4.69, 9.17) is 0 Å². The molecule has 1 fully saturated rings. The largest absolute Gasteiger partial charge is 0.360 e. The van der Waals surface area contributed by atoms with E-state index >= 15 is 0 Å². The molecule has 2 aromatic rings. The van der Waals surface area contributed by atoms with E-state index in [-0.39, 0.29) is 0 Å². The molecule has 0 amide bonds. The fourth-order valence-corrected chi connectivity index (χ4v) is 3.19. The van der Waals surface area contributed by atoms with Gasteiger partial charge in [0.05, 0.1) is 0 Å². The van der Waals surface area contributed by atoms with Gasteiger partial charge in [-0.2, -0.15) is 0 Å². The summed E-state index contributed by atoms with van der Waals surface area (Å²) in [4.78, 5) is 9.38. The number of benzene rings is 1. The molecule has 1 atom stereocenters. The first-order valence-electron chi connectivity index (χ1n) is 8.23. The van der Waals surface area contributed by atoms with Crippen LogP contribution in [0.15, 0.2) is 48.7 Å². The number of anilines is 1. The van der Waals surface area contributed by atoms with E-state index in [9.17, 15) is 0 Å². The molecule has 3 nitrogen and oxygen atoms in total. The van der Waals surface area contributed by atoms with Gasteiger partial charge < -0.3 is 4.90 Å². The molecule has 2 heterocycles. The van der Waals surface area contributed by atoms with Crippen molar-refractivity contribution in [2.75, 3.05) is 25.0 Å².